The molecule has 170 valence electrons. The van der Waals surface area contributed by atoms with Gasteiger partial charge in [-0.1, -0.05) is 0 Å². The number of benzene rings is 1. The first kappa shape index (κ1) is 25.8. The van der Waals surface area contributed by atoms with Crippen LogP contribution in [0.2, 0.25) is 0 Å². The lowest BCUT2D eigenvalue weighted by Gasteiger charge is -2.37. The highest BCUT2D eigenvalue weighted by molar-refractivity contribution is 5.95. The number of carbonyl (C=O) groups excluding carboxylic acids is 1. The zero-order chi connectivity index (χ0) is 21.4. The summed E-state index contributed by atoms with van der Waals surface area (Å²) in [6.07, 6.45) is 1.62. The van der Waals surface area contributed by atoms with E-state index in [1.54, 1.807) is 25.3 Å². The van der Waals surface area contributed by atoms with Crippen LogP contribution in [0.1, 0.15) is 43.5 Å². The molecule has 1 atom stereocenters. The zero-order valence-electron chi connectivity index (χ0n) is 18.2. The maximum Gasteiger partial charge on any atom is 0.407 e. The van der Waals surface area contributed by atoms with E-state index in [9.17, 15) is 9.59 Å². The Labute approximate surface area is 184 Å². The number of amides is 2. The first-order valence-electron chi connectivity index (χ1n) is 10.1. The van der Waals surface area contributed by atoms with Crippen molar-refractivity contribution in [2.24, 2.45) is 0 Å². The highest BCUT2D eigenvalue weighted by Gasteiger charge is 2.28. The summed E-state index contributed by atoms with van der Waals surface area (Å²) in [5, 5.41) is 12.3. The molecule has 0 radical (unpaired) electrons. The zero-order valence-corrected chi connectivity index (χ0v) is 19.0. The van der Waals surface area contributed by atoms with E-state index >= 15 is 0 Å². The second kappa shape index (κ2) is 12.5. The first-order chi connectivity index (χ1) is 13.8. The fourth-order valence-electron chi connectivity index (χ4n) is 3.54. The van der Waals surface area contributed by atoms with Crippen molar-refractivity contribution < 1.29 is 24.2 Å². The summed E-state index contributed by atoms with van der Waals surface area (Å²) in [5.41, 5.74) is 0.558. The molecule has 0 bridgehead atoms. The summed E-state index contributed by atoms with van der Waals surface area (Å²) in [7, 11) is 3.07. The van der Waals surface area contributed by atoms with E-state index in [4.69, 9.17) is 14.6 Å². The Bertz CT molecular complexity index is 695. The lowest BCUT2D eigenvalue weighted by molar-refractivity contribution is 0.0573. The molecule has 1 aliphatic rings. The fraction of sp³-hybridized carbons (Fsp3) is 0.619. The molecule has 1 aromatic carbocycles. The molecule has 1 aliphatic heterocycles. The molecule has 0 aliphatic carbocycles. The summed E-state index contributed by atoms with van der Waals surface area (Å²) in [6.45, 7) is 6.56. The molecule has 0 saturated carbocycles. The van der Waals surface area contributed by atoms with Gasteiger partial charge in [-0.3, -0.25) is 4.79 Å². The minimum absolute atomic E-state index is 0. The molecule has 30 heavy (non-hydrogen) atoms. The third kappa shape index (κ3) is 6.95. The monoisotopic (exact) mass is 443 g/mol. The SMILES string of the molecule is COc1ccc(C(=O)N(C(C)C)[C@@H]2CCCNC2)cc1OCCCN(C)C(=O)O.Cl. The van der Waals surface area contributed by atoms with Crippen molar-refractivity contribution in [3.63, 3.8) is 0 Å². The number of nitrogens with one attached hydrogen (secondary N) is 1. The van der Waals surface area contributed by atoms with Crippen LogP contribution in [0.3, 0.4) is 0 Å². The predicted octanol–water partition coefficient (Wildman–Crippen LogP) is 3.10. The van der Waals surface area contributed by atoms with E-state index in [1.165, 1.54) is 11.9 Å². The molecule has 1 heterocycles. The van der Waals surface area contributed by atoms with Crippen LogP contribution < -0.4 is 14.8 Å². The van der Waals surface area contributed by atoms with Crippen LogP contribution in [0.15, 0.2) is 18.2 Å². The number of nitrogens with zero attached hydrogens (tertiary/aromatic N) is 2. The maximum absolute atomic E-state index is 13.3. The third-order valence-corrected chi connectivity index (χ3v) is 5.09. The molecule has 0 unspecified atom stereocenters. The standard InChI is InChI=1S/C21H33N3O5.ClH/c1-15(2)24(17-7-5-10-22-14-17)20(25)16-8-9-18(28-4)19(13-16)29-12-6-11-23(3)21(26)27;/h8-9,13,15,17,22H,5-7,10-12,14H2,1-4H3,(H,26,27);1H/t17-;/m1./s1. The molecular weight excluding hydrogens is 410 g/mol. The molecule has 1 aromatic rings. The minimum atomic E-state index is -0.971. The Morgan fingerprint density at radius 1 is 1.30 bits per heavy atom. The summed E-state index contributed by atoms with van der Waals surface area (Å²) >= 11 is 0. The van der Waals surface area contributed by atoms with Crippen LogP contribution in [0.4, 0.5) is 4.79 Å². The number of rotatable bonds is 9. The molecule has 0 aromatic heterocycles. The largest absolute Gasteiger partial charge is 0.493 e. The second-order valence-electron chi connectivity index (χ2n) is 7.58. The Hall–Kier alpha value is -2.19. The minimum Gasteiger partial charge on any atom is -0.493 e. The van der Waals surface area contributed by atoms with E-state index in [-0.39, 0.29) is 30.4 Å². The van der Waals surface area contributed by atoms with Gasteiger partial charge in [0.25, 0.3) is 5.91 Å². The number of ether oxygens (including phenoxy) is 2. The van der Waals surface area contributed by atoms with Crippen molar-refractivity contribution in [2.45, 2.75) is 45.2 Å². The second-order valence-corrected chi connectivity index (χ2v) is 7.58. The van der Waals surface area contributed by atoms with Crippen molar-refractivity contribution in [1.82, 2.24) is 15.1 Å². The number of methoxy groups -OCH3 is 1. The molecule has 8 nitrogen and oxygen atoms in total. The Balaban J connectivity index is 0.00000450. The fourth-order valence-corrected chi connectivity index (χ4v) is 3.54. The molecule has 1 saturated heterocycles. The quantitative estimate of drug-likeness (QED) is 0.570. The highest BCUT2D eigenvalue weighted by atomic mass is 35.5. The molecule has 9 heteroatoms. The Morgan fingerprint density at radius 3 is 2.60 bits per heavy atom. The highest BCUT2D eigenvalue weighted by Crippen LogP contribution is 2.29. The Morgan fingerprint density at radius 2 is 2.03 bits per heavy atom. The van der Waals surface area contributed by atoms with E-state index in [0.717, 1.165) is 25.9 Å². The predicted molar refractivity (Wildman–Crippen MR) is 118 cm³/mol. The number of halogens is 1. The number of carboxylic acid groups (broad SMARTS) is 1. The molecule has 1 fully saturated rings. The van der Waals surface area contributed by atoms with Gasteiger partial charge in [0.1, 0.15) is 0 Å². The van der Waals surface area contributed by atoms with Gasteiger partial charge >= 0.3 is 6.09 Å². The van der Waals surface area contributed by atoms with Gasteiger partial charge in [-0.05, 0) is 57.9 Å². The van der Waals surface area contributed by atoms with E-state index < -0.39 is 6.09 Å². The summed E-state index contributed by atoms with van der Waals surface area (Å²) in [6, 6.07) is 5.48. The molecular formula is C21H34ClN3O5. The van der Waals surface area contributed by atoms with Crippen molar-refractivity contribution in [2.75, 3.05) is 40.4 Å². The summed E-state index contributed by atoms with van der Waals surface area (Å²) < 4.78 is 11.2. The van der Waals surface area contributed by atoms with E-state index in [1.807, 2.05) is 18.7 Å². The molecule has 0 spiro atoms. The van der Waals surface area contributed by atoms with Crippen LogP contribution in [0.25, 0.3) is 0 Å². The average molecular weight is 444 g/mol. The van der Waals surface area contributed by atoms with E-state index in [2.05, 4.69) is 5.32 Å². The molecule has 2 amide bonds. The van der Waals surface area contributed by atoms with Crippen LogP contribution in [-0.2, 0) is 0 Å². The topological polar surface area (TPSA) is 91.3 Å². The van der Waals surface area contributed by atoms with E-state index in [0.29, 0.717) is 36.6 Å². The van der Waals surface area contributed by atoms with Gasteiger partial charge in [-0.25, -0.2) is 4.79 Å². The summed E-state index contributed by atoms with van der Waals surface area (Å²) in [4.78, 5) is 27.3. The average Bonchev–Trinajstić information content (AvgIpc) is 2.71. The Kier molecular flexibility index (Phi) is 10.8. The van der Waals surface area contributed by atoms with Gasteiger partial charge in [0.15, 0.2) is 11.5 Å². The van der Waals surface area contributed by atoms with Crippen molar-refractivity contribution in [1.29, 1.82) is 0 Å². The van der Waals surface area contributed by atoms with Crippen LogP contribution in [-0.4, -0.2) is 79.4 Å². The summed E-state index contributed by atoms with van der Waals surface area (Å²) in [5.74, 6) is 1.01. The lowest BCUT2D eigenvalue weighted by atomic mass is 10.0. The number of hydrogen-bond donors (Lipinski definition) is 2. The van der Waals surface area contributed by atoms with Gasteiger partial charge in [0.2, 0.25) is 0 Å². The first-order valence-corrected chi connectivity index (χ1v) is 10.1. The van der Waals surface area contributed by atoms with Crippen molar-refractivity contribution >= 4 is 24.4 Å². The lowest BCUT2D eigenvalue weighted by Crippen LogP contribution is -2.51. The van der Waals surface area contributed by atoms with Crippen LogP contribution in [0, 0.1) is 0 Å². The smallest absolute Gasteiger partial charge is 0.407 e. The number of carbonyl (C=O) groups is 2. The van der Waals surface area contributed by atoms with Gasteiger partial charge < -0.3 is 29.7 Å². The molecule has 2 rings (SSSR count). The van der Waals surface area contributed by atoms with Crippen LogP contribution >= 0.6 is 12.4 Å². The van der Waals surface area contributed by atoms with Gasteiger partial charge in [-0.15, -0.1) is 12.4 Å². The van der Waals surface area contributed by atoms with Gasteiger partial charge in [0.05, 0.1) is 13.7 Å². The van der Waals surface area contributed by atoms with Crippen molar-refractivity contribution in [3.8, 4) is 11.5 Å². The normalized spacial score (nSPS) is 15.8. The number of hydrogen-bond acceptors (Lipinski definition) is 5. The van der Waals surface area contributed by atoms with Crippen LogP contribution in [0.5, 0.6) is 11.5 Å². The van der Waals surface area contributed by atoms with Crippen molar-refractivity contribution in [3.05, 3.63) is 23.8 Å². The van der Waals surface area contributed by atoms with Gasteiger partial charge in [0, 0.05) is 37.8 Å². The third-order valence-electron chi connectivity index (χ3n) is 5.09. The van der Waals surface area contributed by atoms with Gasteiger partial charge in [-0.2, -0.15) is 0 Å². The molecule has 2 N–H and O–H groups in total. The maximum atomic E-state index is 13.3. The number of piperidine rings is 1.